The van der Waals surface area contributed by atoms with Gasteiger partial charge in [-0.15, -0.1) is 11.6 Å². The van der Waals surface area contributed by atoms with E-state index in [1.807, 2.05) is 13.8 Å². The molecule has 7 heteroatoms. The molecule has 1 aromatic heterocycles. The quantitative estimate of drug-likeness (QED) is 0.747. The van der Waals surface area contributed by atoms with E-state index in [0.717, 1.165) is 12.8 Å². The van der Waals surface area contributed by atoms with E-state index in [1.165, 1.54) is 12.3 Å². The van der Waals surface area contributed by atoms with Gasteiger partial charge in [0.1, 0.15) is 0 Å². The van der Waals surface area contributed by atoms with Crippen molar-refractivity contribution in [2.24, 2.45) is 5.41 Å². The van der Waals surface area contributed by atoms with E-state index >= 15 is 0 Å². The maximum absolute atomic E-state index is 11.8. The molecule has 0 fully saturated rings. The summed E-state index contributed by atoms with van der Waals surface area (Å²) in [6.45, 7) is 4.40. The fraction of sp³-hybridized carbons (Fsp3) is 0.700. The second-order valence-electron chi connectivity index (χ2n) is 4.70. The van der Waals surface area contributed by atoms with Crippen molar-refractivity contribution in [3.63, 3.8) is 0 Å². The number of H-pyrrole nitrogens is 1. The van der Waals surface area contributed by atoms with Gasteiger partial charge in [-0.1, -0.05) is 13.8 Å². The number of sulfonamides is 1. The maximum Gasteiger partial charge on any atom is 0.257 e. The first-order valence-corrected chi connectivity index (χ1v) is 7.44. The standard InChI is InChI=1S/C10H18ClN3O2S/c1-10(2,5-3-6-11)8-13-17(15,16)9-4-7-12-14-9/h4,7,13H,3,5-6,8H2,1-2H3,(H,12,14). The molecular formula is C10H18ClN3O2S. The summed E-state index contributed by atoms with van der Waals surface area (Å²) < 4.78 is 26.2. The minimum absolute atomic E-state index is 0.0886. The summed E-state index contributed by atoms with van der Waals surface area (Å²) in [5.41, 5.74) is -0.109. The summed E-state index contributed by atoms with van der Waals surface area (Å²) in [5.74, 6) is 0.594. The topological polar surface area (TPSA) is 74.8 Å². The Morgan fingerprint density at radius 2 is 2.24 bits per heavy atom. The van der Waals surface area contributed by atoms with E-state index in [1.54, 1.807) is 0 Å². The molecule has 0 atom stereocenters. The van der Waals surface area contributed by atoms with Crippen LogP contribution in [0.2, 0.25) is 0 Å². The van der Waals surface area contributed by atoms with Gasteiger partial charge in [0.2, 0.25) is 0 Å². The lowest BCUT2D eigenvalue weighted by atomic mass is 9.88. The van der Waals surface area contributed by atoms with Gasteiger partial charge in [0, 0.05) is 12.4 Å². The average Bonchev–Trinajstić information content (AvgIpc) is 2.78. The van der Waals surface area contributed by atoms with Crippen molar-refractivity contribution in [2.75, 3.05) is 12.4 Å². The zero-order chi connectivity index (χ0) is 12.9. The monoisotopic (exact) mass is 279 g/mol. The molecule has 1 heterocycles. The molecule has 0 aliphatic heterocycles. The van der Waals surface area contributed by atoms with Crippen LogP contribution in [0.4, 0.5) is 0 Å². The highest BCUT2D eigenvalue weighted by Crippen LogP contribution is 2.22. The van der Waals surface area contributed by atoms with Gasteiger partial charge < -0.3 is 0 Å². The molecule has 0 radical (unpaired) electrons. The SMILES string of the molecule is CC(C)(CCCCl)CNS(=O)(=O)c1ccn[nH]1. The highest BCUT2D eigenvalue weighted by Gasteiger charge is 2.22. The van der Waals surface area contributed by atoms with Gasteiger partial charge in [-0.25, -0.2) is 13.1 Å². The van der Waals surface area contributed by atoms with E-state index in [0.29, 0.717) is 12.4 Å². The highest BCUT2D eigenvalue weighted by molar-refractivity contribution is 7.89. The van der Waals surface area contributed by atoms with Crippen LogP contribution in [-0.2, 0) is 10.0 Å². The molecule has 0 aliphatic rings. The van der Waals surface area contributed by atoms with Gasteiger partial charge in [-0.3, -0.25) is 5.10 Å². The lowest BCUT2D eigenvalue weighted by molar-refractivity contribution is 0.331. The number of nitrogens with one attached hydrogen (secondary N) is 2. The first-order valence-electron chi connectivity index (χ1n) is 5.42. The van der Waals surface area contributed by atoms with Crippen molar-refractivity contribution < 1.29 is 8.42 Å². The molecule has 0 saturated carbocycles. The smallest absolute Gasteiger partial charge is 0.257 e. The van der Waals surface area contributed by atoms with Gasteiger partial charge in [0.15, 0.2) is 5.03 Å². The average molecular weight is 280 g/mol. The Morgan fingerprint density at radius 3 is 2.76 bits per heavy atom. The predicted octanol–water partition coefficient (Wildman–Crippen LogP) is 1.73. The minimum Gasteiger partial charge on any atom is -0.266 e. The molecule has 0 amide bonds. The van der Waals surface area contributed by atoms with Crippen LogP contribution in [0.15, 0.2) is 17.3 Å². The molecule has 17 heavy (non-hydrogen) atoms. The Hall–Kier alpha value is -0.590. The summed E-state index contributed by atoms with van der Waals surface area (Å²) in [6.07, 6.45) is 3.16. The Balaban J connectivity index is 2.56. The van der Waals surface area contributed by atoms with Crippen molar-refractivity contribution in [1.29, 1.82) is 0 Å². The number of aromatic amines is 1. The molecule has 2 N–H and O–H groups in total. The minimum atomic E-state index is -3.48. The van der Waals surface area contributed by atoms with Crippen LogP contribution in [0.1, 0.15) is 26.7 Å². The number of alkyl halides is 1. The zero-order valence-electron chi connectivity index (χ0n) is 10.0. The number of hydrogen-bond donors (Lipinski definition) is 2. The summed E-state index contributed by atoms with van der Waals surface area (Å²) in [4.78, 5) is 0. The third-order valence-corrected chi connectivity index (χ3v) is 4.09. The van der Waals surface area contributed by atoms with Crippen LogP contribution in [0, 0.1) is 5.41 Å². The molecule has 0 spiro atoms. The molecule has 5 nitrogen and oxygen atoms in total. The molecule has 0 unspecified atom stereocenters. The Kier molecular flexibility index (Phi) is 4.97. The van der Waals surface area contributed by atoms with Crippen LogP contribution in [-0.4, -0.2) is 31.0 Å². The Bertz CT molecular complexity index is 428. The van der Waals surface area contributed by atoms with Crippen LogP contribution in [0.3, 0.4) is 0 Å². The summed E-state index contributed by atoms with van der Waals surface area (Å²) in [5, 5.41) is 6.14. The molecule has 0 saturated heterocycles. The number of rotatable bonds is 7. The van der Waals surface area contributed by atoms with Crippen molar-refractivity contribution >= 4 is 21.6 Å². The molecule has 0 aromatic carbocycles. The molecule has 1 aromatic rings. The van der Waals surface area contributed by atoms with E-state index in [9.17, 15) is 8.42 Å². The van der Waals surface area contributed by atoms with Gasteiger partial charge in [-0.05, 0) is 24.3 Å². The first-order chi connectivity index (χ1) is 7.87. The second-order valence-corrected chi connectivity index (χ2v) is 6.82. The maximum atomic E-state index is 11.8. The fourth-order valence-corrected chi connectivity index (χ4v) is 2.68. The second kappa shape index (κ2) is 5.84. The van der Waals surface area contributed by atoms with Crippen LogP contribution < -0.4 is 4.72 Å². The van der Waals surface area contributed by atoms with E-state index in [2.05, 4.69) is 14.9 Å². The highest BCUT2D eigenvalue weighted by atomic mass is 35.5. The molecular weight excluding hydrogens is 262 g/mol. The van der Waals surface area contributed by atoms with Gasteiger partial charge in [-0.2, -0.15) is 5.10 Å². The molecule has 0 bridgehead atoms. The van der Waals surface area contributed by atoms with Gasteiger partial charge >= 0.3 is 0 Å². The Labute approximate surface area is 107 Å². The van der Waals surface area contributed by atoms with Crippen LogP contribution >= 0.6 is 11.6 Å². The fourth-order valence-electron chi connectivity index (χ4n) is 1.39. The van der Waals surface area contributed by atoms with Crippen LogP contribution in [0.25, 0.3) is 0 Å². The van der Waals surface area contributed by atoms with Crippen LogP contribution in [0.5, 0.6) is 0 Å². The lowest BCUT2D eigenvalue weighted by Gasteiger charge is -2.24. The Morgan fingerprint density at radius 1 is 1.53 bits per heavy atom. The predicted molar refractivity (Wildman–Crippen MR) is 67.5 cm³/mol. The van der Waals surface area contributed by atoms with Crippen molar-refractivity contribution in [3.8, 4) is 0 Å². The third kappa shape index (κ3) is 4.65. The zero-order valence-corrected chi connectivity index (χ0v) is 11.6. The van der Waals surface area contributed by atoms with Crippen molar-refractivity contribution in [3.05, 3.63) is 12.3 Å². The van der Waals surface area contributed by atoms with E-state index in [-0.39, 0.29) is 10.4 Å². The van der Waals surface area contributed by atoms with Gasteiger partial charge in [0.25, 0.3) is 10.0 Å². The third-order valence-electron chi connectivity index (χ3n) is 2.49. The van der Waals surface area contributed by atoms with Gasteiger partial charge in [0.05, 0.1) is 6.20 Å². The first kappa shape index (κ1) is 14.5. The lowest BCUT2D eigenvalue weighted by Crippen LogP contribution is -2.34. The summed E-state index contributed by atoms with van der Waals surface area (Å²) >= 11 is 5.63. The number of hydrogen-bond acceptors (Lipinski definition) is 3. The van der Waals surface area contributed by atoms with E-state index < -0.39 is 10.0 Å². The van der Waals surface area contributed by atoms with Crippen molar-refractivity contribution in [1.82, 2.24) is 14.9 Å². The van der Waals surface area contributed by atoms with Crippen molar-refractivity contribution in [2.45, 2.75) is 31.7 Å². The number of aromatic nitrogens is 2. The molecule has 98 valence electrons. The molecule has 1 rings (SSSR count). The largest absolute Gasteiger partial charge is 0.266 e. The molecule has 0 aliphatic carbocycles. The summed E-state index contributed by atoms with van der Waals surface area (Å²) in [6, 6.07) is 1.42. The van der Waals surface area contributed by atoms with E-state index in [4.69, 9.17) is 11.6 Å². The number of halogens is 1. The summed E-state index contributed by atoms with van der Waals surface area (Å²) in [7, 11) is -3.48. The number of nitrogens with zero attached hydrogens (tertiary/aromatic N) is 1. The normalized spacial score (nSPS) is 12.9.